The van der Waals surface area contributed by atoms with Gasteiger partial charge < -0.3 is 10.1 Å². The Labute approximate surface area is 182 Å². The zero-order valence-electron chi connectivity index (χ0n) is 17.2. The minimum atomic E-state index is -3.65. The molecule has 5 nitrogen and oxygen atoms in total. The molecule has 1 N–H and O–H groups in total. The van der Waals surface area contributed by atoms with E-state index >= 15 is 0 Å². The molecule has 30 heavy (non-hydrogen) atoms. The van der Waals surface area contributed by atoms with Crippen molar-refractivity contribution in [1.29, 1.82) is 0 Å². The van der Waals surface area contributed by atoms with Gasteiger partial charge >= 0.3 is 0 Å². The van der Waals surface area contributed by atoms with E-state index in [1.807, 2.05) is 47.8 Å². The molecule has 1 aliphatic rings. The summed E-state index contributed by atoms with van der Waals surface area (Å²) < 4.78 is 33.6. The number of benzene rings is 2. The molecule has 0 bridgehead atoms. The standard InChI is InChI=1S/C23H26N2O3S2/c1-25-20-11-14-29-23(20)22(24-12-6-13-28-2)19-10-9-18(16-21(19)30(25,26)27)15-17-7-4-3-5-8-17/h3-5,7-11,14,16,22,24H,6,12-13,15H2,1-2H3. The number of sulfonamides is 1. The van der Waals surface area contributed by atoms with Gasteiger partial charge in [-0.15, -0.1) is 11.3 Å². The molecule has 1 aromatic heterocycles. The maximum Gasteiger partial charge on any atom is 0.264 e. The predicted molar refractivity (Wildman–Crippen MR) is 122 cm³/mol. The lowest BCUT2D eigenvalue weighted by molar-refractivity contribution is 0.193. The van der Waals surface area contributed by atoms with Crippen molar-refractivity contribution in [2.45, 2.75) is 23.8 Å². The third kappa shape index (κ3) is 4.03. The lowest BCUT2D eigenvalue weighted by Gasteiger charge is -2.19. The summed E-state index contributed by atoms with van der Waals surface area (Å²) in [4.78, 5) is 1.40. The molecule has 0 spiro atoms. The minimum Gasteiger partial charge on any atom is -0.385 e. The molecule has 2 aromatic carbocycles. The molecule has 1 atom stereocenters. The minimum absolute atomic E-state index is 0.169. The van der Waals surface area contributed by atoms with Crippen LogP contribution in [0.25, 0.3) is 0 Å². The van der Waals surface area contributed by atoms with Gasteiger partial charge in [-0.3, -0.25) is 4.31 Å². The van der Waals surface area contributed by atoms with Crippen molar-refractivity contribution in [3.05, 3.63) is 81.5 Å². The molecular formula is C23H26N2O3S2. The first-order valence-electron chi connectivity index (χ1n) is 9.98. The molecule has 0 radical (unpaired) electrons. The number of anilines is 1. The van der Waals surface area contributed by atoms with Gasteiger partial charge in [-0.1, -0.05) is 42.5 Å². The maximum atomic E-state index is 13.5. The van der Waals surface area contributed by atoms with Crippen molar-refractivity contribution >= 4 is 27.0 Å². The van der Waals surface area contributed by atoms with E-state index in [-0.39, 0.29) is 6.04 Å². The fourth-order valence-corrected chi connectivity index (χ4v) is 6.43. The third-order valence-corrected chi connectivity index (χ3v) is 8.23. The lowest BCUT2D eigenvalue weighted by Crippen LogP contribution is -2.26. The maximum absolute atomic E-state index is 13.5. The van der Waals surface area contributed by atoms with Crippen molar-refractivity contribution in [1.82, 2.24) is 5.32 Å². The van der Waals surface area contributed by atoms with Gasteiger partial charge in [0.25, 0.3) is 10.0 Å². The molecule has 0 amide bonds. The number of hydrogen-bond donors (Lipinski definition) is 1. The van der Waals surface area contributed by atoms with E-state index in [2.05, 4.69) is 17.4 Å². The second-order valence-electron chi connectivity index (χ2n) is 7.41. The zero-order valence-corrected chi connectivity index (χ0v) is 18.8. The van der Waals surface area contributed by atoms with E-state index in [1.54, 1.807) is 25.5 Å². The molecule has 0 aliphatic carbocycles. The fourth-order valence-electron chi connectivity index (χ4n) is 3.86. The Morgan fingerprint density at radius 2 is 1.90 bits per heavy atom. The Morgan fingerprint density at radius 1 is 1.10 bits per heavy atom. The van der Waals surface area contributed by atoms with Crippen LogP contribution in [0.4, 0.5) is 5.69 Å². The first-order chi connectivity index (χ1) is 14.5. The highest BCUT2D eigenvalue weighted by Gasteiger charge is 2.35. The van der Waals surface area contributed by atoms with Gasteiger partial charge in [-0.25, -0.2) is 8.42 Å². The van der Waals surface area contributed by atoms with Crippen molar-refractivity contribution in [3.63, 3.8) is 0 Å². The molecule has 0 saturated carbocycles. The molecule has 1 unspecified atom stereocenters. The number of nitrogens with zero attached hydrogens (tertiary/aromatic N) is 1. The largest absolute Gasteiger partial charge is 0.385 e. The van der Waals surface area contributed by atoms with Gasteiger partial charge in [0.05, 0.1) is 21.5 Å². The normalized spacial score (nSPS) is 17.3. The summed E-state index contributed by atoms with van der Waals surface area (Å²) in [6.07, 6.45) is 1.55. The van der Waals surface area contributed by atoms with Crippen LogP contribution in [0.2, 0.25) is 0 Å². The Hall–Kier alpha value is -2.19. The lowest BCUT2D eigenvalue weighted by atomic mass is 9.99. The highest BCUT2D eigenvalue weighted by Crippen LogP contribution is 2.43. The van der Waals surface area contributed by atoms with Gasteiger partial charge in [-0.05, 0) is 53.6 Å². The highest BCUT2D eigenvalue weighted by molar-refractivity contribution is 7.92. The van der Waals surface area contributed by atoms with Crippen LogP contribution in [0.15, 0.2) is 64.9 Å². The smallest absolute Gasteiger partial charge is 0.264 e. The Morgan fingerprint density at radius 3 is 2.67 bits per heavy atom. The molecule has 0 fully saturated rings. The van der Waals surface area contributed by atoms with Crippen LogP contribution in [0.1, 0.15) is 34.0 Å². The molecule has 1 aliphatic heterocycles. The van der Waals surface area contributed by atoms with Crippen LogP contribution in [-0.4, -0.2) is 35.7 Å². The first kappa shape index (κ1) is 21.1. The molecule has 7 heteroatoms. The van der Waals surface area contributed by atoms with Gasteiger partial charge in [-0.2, -0.15) is 0 Å². The van der Waals surface area contributed by atoms with Crippen molar-refractivity contribution in [2.75, 3.05) is 31.6 Å². The third-order valence-electron chi connectivity index (χ3n) is 5.43. The molecule has 2 heterocycles. The van der Waals surface area contributed by atoms with Crippen LogP contribution in [0, 0.1) is 0 Å². The topological polar surface area (TPSA) is 58.6 Å². The fraction of sp³-hybridized carbons (Fsp3) is 0.304. The van der Waals surface area contributed by atoms with Gasteiger partial charge in [0.2, 0.25) is 0 Å². The zero-order chi connectivity index (χ0) is 21.1. The second-order valence-corrected chi connectivity index (χ2v) is 10.3. The average molecular weight is 443 g/mol. The van der Waals surface area contributed by atoms with E-state index in [9.17, 15) is 8.42 Å². The van der Waals surface area contributed by atoms with E-state index in [4.69, 9.17) is 4.74 Å². The summed E-state index contributed by atoms with van der Waals surface area (Å²) in [6, 6.07) is 17.7. The Balaban J connectivity index is 1.77. The van der Waals surface area contributed by atoms with E-state index in [0.717, 1.165) is 40.2 Å². The number of fused-ring (bicyclic) bond motifs is 2. The summed E-state index contributed by atoms with van der Waals surface area (Å²) >= 11 is 1.59. The summed E-state index contributed by atoms with van der Waals surface area (Å²) in [7, 11) is -0.319. The van der Waals surface area contributed by atoms with Crippen LogP contribution < -0.4 is 9.62 Å². The van der Waals surface area contributed by atoms with Crippen LogP contribution >= 0.6 is 11.3 Å². The summed E-state index contributed by atoms with van der Waals surface area (Å²) in [5, 5.41) is 5.52. The van der Waals surface area contributed by atoms with Gasteiger partial charge in [0.1, 0.15) is 0 Å². The average Bonchev–Trinajstić information content (AvgIpc) is 3.21. The quantitative estimate of drug-likeness (QED) is 0.558. The van der Waals surface area contributed by atoms with Crippen molar-refractivity contribution in [3.8, 4) is 0 Å². The van der Waals surface area contributed by atoms with Crippen LogP contribution in [0.3, 0.4) is 0 Å². The van der Waals surface area contributed by atoms with E-state index in [0.29, 0.717) is 17.9 Å². The van der Waals surface area contributed by atoms with Crippen molar-refractivity contribution < 1.29 is 13.2 Å². The van der Waals surface area contributed by atoms with E-state index < -0.39 is 10.0 Å². The summed E-state index contributed by atoms with van der Waals surface area (Å²) in [6.45, 7) is 1.41. The Kier molecular flexibility index (Phi) is 6.24. The molecule has 158 valence electrons. The number of nitrogens with one attached hydrogen (secondary N) is 1. The molecule has 4 rings (SSSR count). The van der Waals surface area contributed by atoms with Crippen molar-refractivity contribution in [2.24, 2.45) is 0 Å². The summed E-state index contributed by atoms with van der Waals surface area (Å²) in [5.41, 5.74) is 3.69. The van der Waals surface area contributed by atoms with Crippen LogP contribution in [-0.2, 0) is 21.2 Å². The van der Waals surface area contributed by atoms with Gasteiger partial charge in [0, 0.05) is 20.8 Å². The number of methoxy groups -OCH3 is 1. The Bertz CT molecular complexity index is 1110. The molecular weight excluding hydrogens is 416 g/mol. The monoisotopic (exact) mass is 442 g/mol. The highest BCUT2D eigenvalue weighted by atomic mass is 32.2. The molecule has 3 aromatic rings. The SMILES string of the molecule is COCCCNC1c2ccc(Cc3ccccc3)cc2S(=O)(=O)N(C)c2ccsc21. The van der Waals surface area contributed by atoms with Gasteiger partial charge in [0.15, 0.2) is 0 Å². The predicted octanol–water partition coefficient (Wildman–Crippen LogP) is 4.19. The first-order valence-corrected chi connectivity index (χ1v) is 12.3. The number of hydrogen-bond acceptors (Lipinski definition) is 5. The van der Waals surface area contributed by atoms with Crippen LogP contribution in [0.5, 0.6) is 0 Å². The second kappa shape index (κ2) is 8.89. The number of thiophene rings is 1. The number of ether oxygens (including phenoxy) is 1. The number of rotatable bonds is 7. The molecule has 0 saturated heterocycles. The summed E-state index contributed by atoms with van der Waals surface area (Å²) in [5.74, 6) is 0. The van der Waals surface area contributed by atoms with E-state index in [1.165, 1.54) is 4.31 Å².